The maximum atomic E-state index is 8.97. The average Bonchev–Trinajstić information content (AvgIpc) is 2.39. The fraction of sp³-hybridized carbons (Fsp3) is 0.571. The maximum Gasteiger partial charge on any atom is 0.129 e. The first-order chi connectivity index (χ1) is 8.69. The molecule has 0 aromatic carbocycles. The van der Waals surface area contributed by atoms with E-state index in [0.717, 1.165) is 31.1 Å². The first-order valence-electron chi connectivity index (χ1n) is 6.40. The SMILES string of the molecule is Cc1cc(C#N)cc(N(C)CC2CCCCO2)n1. The second-order valence-corrected chi connectivity index (χ2v) is 4.84. The highest BCUT2D eigenvalue weighted by atomic mass is 16.5. The second-order valence-electron chi connectivity index (χ2n) is 4.84. The molecule has 1 aromatic rings. The molecule has 0 N–H and O–H groups in total. The van der Waals surface area contributed by atoms with E-state index in [1.54, 1.807) is 6.07 Å². The summed E-state index contributed by atoms with van der Waals surface area (Å²) in [6, 6.07) is 5.80. The fourth-order valence-corrected chi connectivity index (χ4v) is 2.26. The minimum atomic E-state index is 0.289. The van der Waals surface area contributed by atoms with Gasteiger partial charge < -0.3 is 9.64 Å². The number of hydrogen-bond donors (Lipinski definition) is 0. The monoisotopic (exact) mass is 245 g/mol. The molecule has 0 spiro atoms. The molecule has 1 unspecified atom stereocenters. The van der Waals surface area contributed by atoms with Crippen LogP contribution in [0.2, 0.25) is 0 Å². The van der Waals surface area contributed by atoms with Crippen molar-refractivity contribution in [2.75, 3.05) is 25.1 Å². The Balaban J connectivity index is 2.05. The number of likely N-dealkylation sites (N-methyl/N-ethyl adjacent to an activating group) is 1. The smallest absolute Gasteiger partial charge is 0.129 e. The van der Waals surface area contributed by atoms with Crippen LogP contribution < -0.4 is 4.90 Å². The van der Waals surface area contributed by atoms with Gasteiger partial charge in [0, 0.05) is 25.9 Å². The molecule has 0 saturated carbocycles. The Morgan fingerprint density at radius 1 is 1.50 bits per heavy atom. The molecule has 1 aliphatic rings. The Kier molecular flexibility index (Phi) is 4.16. The van der Waals surface area contributed by atoms with Crippen LogP contribution in [0.25, 0.3) is 0 Å². The van der Waals surface area contributed by atoms with Gasteiger partial charge in [0.25, 0.3) is 0 Å². The minimum Gasteiger partial charge on any atom is -0.376 e. The van der Waals surface area contributed by atoms with Crippen molar-refractivity contribution in [3.8, 4) is 6.07 Å². The first kappa shape index (κ1) is 12.8. The van der Waals surface area contributed by atoms with E-state index >= 15 is 0 Å². The van der Waals surface area contributed by atoms with Gasteiger partial charge in [-0.15, -0.1) is 0 Å². The summed E-state index contributed by atoms with van der Waals surface area (Å²) in [5.41, 5.74) is 1.54. The number of rotatable bonds is 3. The molecule has 2 rings (SSSR count). The van der Waals surface area contributed by atoms with Gasteiger partial charge in [0.15, 0.2) is 0 Å². The largest absolute Gasteiger partial charge is 0.376 e. The quantitative estimate of drug-likeness (QED) is 0.819. The van der Waals surface area contributed by atoms with Crippen molar-refractivity contribution >= 4 is 5.82 Å². The molecule has 4 nitrogen and oxygen atoms in total. The van der Waals surface area contributed by atoms with Crippen LogP contribution in [0.5, 0.6) is 0 Å². The Morgan fingerprint density at radius 2 is 2.33 bits per heavy atom. The molecule has 0 aliphatic carbocycles. The number of hydrogen-bond acceptors (Lipinski definition) is 4. The van der Waals surface area contributed by atoms with Gasteiger partial charge >= 0.3 is 0 Å². The highest BCUT2D eigenvalue weighted by Gasteiger charge is 2.17. The highest BCUT2D eigenvalue weighted by Crippen LogP contribution is 2.18. The predicted molar refractivity (Wildman–Crippen MR) is 70.6 cm³/mol. The van der Waals surface area contributed by atoms with E-state index in [1.807, 2.05) is 20.0 Å². The summed E-state index contributed by atoms with van der Waals surface area (Å²) in [6.45, 7) is 3.61. The predicted octanol–water partition coefficient (Wildman–Crippen LogP) is 2.27. The molecular formula is C14H19N3O. The Labute approximate surface area is 108 Å². The number of ether oxygens (including phenoxy) is 1. The topological polar surface area (TPSA) is 49.2 Å². The van der Waals surface area contributed by atoms with Crippen LogP contribution in [0, 0.1) is 18.3 Å². The number of nitrogens with zero attached hydrogens (tertiary/aromatic N) is 3. The van der Waals surface area contributed by atoms with Gasteiger partial charge in [-0.1, -0.05) is 0 Å². The zero-order chi connectivity index (χ0) is 13.0. The maximum absolute atomic E-state index is 8.97. The van der Waals surface area contributed by atoms with E-state index in [-0.39, 0.29) is 6.10 Å². The number of aromatic nitrogens is 1. The summed E-state index contributed by atoms with van der Waals surface area (Å²) in [4.78, 5) is 6.54. The van der Waals surface area contributed by atoms with E-state index in [9.17, 15) is 0 Å². The molecule has 96 valence electrons. The second kappa shape index (κ2) is 5.83. The molecular weight excluding hydrogens is 226 g/mol. The van der Waals surface area contributed by atoms with E-state index in [0.29, 0.717) is 5.56 Å². The summed E-state index contributed by atoms with van der Waals surface area (Å²) in [5, 5.41) is 8.97. The van der Waals surface area contributed by atoms with Crippen molar-refractivity contribution in [3.63, 3.8) is 0 Å². The zero-order valence-electron chi connectivity index (χ0n) is 11.0. The minimum absolute atomic E-state index is 0.289. The summed E-state index contributed by atoms with van der Waals surface area (Å²) >= 11 is 0. The summed E-state index contributed by atoms with van der Waals surface area (Å²) in [7, 11) is 2.00. The lowest BCUT2D eigenvalue weighted by molar-refractivity contribution is 0.0215. The van der Waals surface area contributed by atoms with Crippen LogP contribution in [0.15, 0.2) is 12.1 Å². The number of aryl methyl sites for hydroxylation is 1. The molecule has 0 radical (unpaired) electrons. The molecule has 1 aromatic heterocycles. The third-order valence-electron chi connectivity index (χ3n) is 3.21. The van der Waals surface area contributed by atoms with Gasteiger partial charge in [-0.25, -0.2) is 4.98 Å². The third-order valence-corrected chi connectivity index (χ3v) is 3.21. The lowest BCUT2D eigenvalue weighted by Gasteiger charge is -2.28. The molecule has 4 heteroatoms. The Hall–Kier alpha value is -1.60. The fourth-order valence-electron chi connectivity index (χ4n) is 2.26. The number of pyridine rings is 1. The zero-order valence-corrected chi connectivity index (χ0v) is 11.0. The average molecular weight is 245 g/mol. The molecule has 0 bridgehead atoms. The van der Waals surface area contributed by atoms with Crippen molar-refractivity contribution in [1.29, 1.82) is 5.26 Å². The van der Waals surface area contributed by atoms with E-state index < -0.39 is 0 Å². The molecule has 18 heavy (non-hydrogen) atoms. The van der Waals surface area contributed by atoms with Gasteiger partial charge in [-0.05, 0) is 38.3 Å². The molecule has 1 saturated heterocycles. The lowest BCUT2D eigenvalue weighted by atomic mass is 10.1. The highest BCUT2D eigenvalue weighted by molar-refractivity contribution is 5.46. The van der Waals surface area contributed by atoms with Crippen molar-refractivity contribution in [3.05, 3.63) is 23.4 Å². The molecule has 1 atom stereocenters. The number of nitriles is 1. The van der Waals surface area contributed by atoms with Crippen molar-refractivity contribution < 1.29 is 4.74 Å². The normalized spacial score (nSPS) is 19.3. The standard InChI is InChI=1S/C14H19N3O/c1-11-7-12(9-15)8-14(16-11)17(2)10-13-5-3-4-6-18-13/h7-8,13H,3-6,10H2,1-2H3. The van der Waals surface area contributed by atoms with Crippen LogP contribution in [0.1, 0.15) is 30.5 Å². The van der Waals surface area contributed by atoms with Crippen molar-refractivity contribution in [2.24, 2.45) is 0 Å². The summed E-state index contributed by atoms with van der Waals surface area (Å²) in [5.74, 6) is 0.848. The van der Waals surface area contributed by atoms with Crippen LogP contribution in [0.4, 0.5) is 5.82 Å². The van der Waals surface area contributed by atoms with Crippen LogP contribution >= 0.6 is 0 Å². The van der Waals surface area contributed by atoms with Crippen molar-refractivity contribution in [1.82, 2.24) is 4.98 Å². The molecule has 1 aliphatic heterocycles. The molecule has 0 amide bonds. The summed E-state index contributed by atoms with van der Waals surface area (Å²) < 4.78 is 5.72. The van der Waals surface area contributed by atoms with Crippen molar-refractivity contribution in [2.45, 2.75) is 32.3 Å². The number of anilines is 1. The van der Waals surface area contributed by atoms with Gasteiger partial charge in [-0.2, -0.15) is 5.26 Å². The van der Waals surface area contributed by atoms with E-state index in [1.165, 1.54) is 12.8 Å². The van der Waals surface area contributed by atoms with Gasteiger partial charge in [0.2, 0.25) is 0 Å². The summed E-state index contributed by atoms with van der Waals surface area (Å²) in [6.07, 6.45) is 3.81. The Morgan fingerprint density at radius 3 is 3.00 bits per heavy atom. The van der Waals surface area contributed by atoms with E-state index in [2.05, 4.69) is 16.0 Å². The van der Waals surface area contributed by atoms with E-state index in [4.69, 9.17) is 10.00 Å². The first-order valence-corrected chi connectivity index (χ1v) is 6.40. The van der Waals surface area contributed by atoms with Crippen LogP contribution in [-0.4, -0.2) is 31.3 Å². The van der Waals surface area contributed by atoms with Crippen LogP contribution in [0.3, 0.4) is 0 Å². The van der Waals surface area contributed by atoms with Gasteiger partial charge in [0.1, 0.15) is 5.82 Å². The van der Waals surface area contributed by atoms with Crippen LogP contribution in [-0.2, 0) is 4.74 Å². The Bertz CT molecular complexity index is 447. The third kappa shape index (κ3) is 3.21. The molecule has 1 fully saturated rings. The molecule has 2 heterocycles. The lowest BCUT2D eigenvalue weighted by Crippen LogP contribution is -2.33. The van der Waals surface area contributed by atoms with Gasteiger partial charge in [-0.3, -0.25) is 0 Å². The van der Waals surface area contributed by atoms with Gasteiger partial charge in [0.05, 0.1) is 17.7 Å².